The van der Waals surface area contributed by atoms with Gasteiger partial charge >= 0.3 is 0 Å². The Morgan fingerprint density at radius 2 is 1.93 bits per heavy atom. The predicted molar refractivity (Wildman–Crippen MR) is 66.0 cm³/mol. The normalized spacial score (nSPS) is 20.8. The van der Waals surface area contributed by atoms with Crippen LogP contribution >= 0.6 is 0 Å². The number of nitrogens with zero attached hydrogens (tertiary/aromatic N) is 1. The molecule has 0 bridgehead atoms. The van der Waals surface area contributed by atoms with Crippen molar-refractivity contribution in [3.8, 4) is 0 Å². The molecule has 1 heterocycles. The summed E-state index contributed by atoms with van der Waals surface area (Å²) >= 11 is 0. The molecule has 0 aromatic rings. The van der Waals surface area contributed by atoms with Gasteiger partial charge in [-0.1, -0.05) is 13.8 Å². The number of nitrogens with one attached hydrogen (secondary N) is 1. The lowest BCUT2D eigenvalue weighted by molar-refractivity contribution is 0.214. The lowest BCUT2D eigenvalue weighted by atomic mass is 9.88. The molecule has 0 aromatic carbocycles. The summed E-state index contributed by atoms with van der Waals surface area (Å²) in [4.78, 5) is 2.41. The lowest BCUT2D eigenvalue weighted by Crippen LogP contribution is -2.44. The van der Waals surface area contributed by atoms with Crippen molar-refractivity contribution in [3.63, 3.8) is 0 Å². The first kappa shape index (κ1) is 12.9. The van der Waals surface area contributed by atoms with Crippen molar-refractivity contribution in [1.82, 2.24) is 10.2 Å². The van der Waals surface area contributed by atoms with Gasteiger partial charge in [0.05, 0.1) is 0 Å². The molecule has 3 heteroatoms. The maximum atomic E-state index is 5.61. The van der Waals surface area contributed by atoms with Crippen molar-refractivity contribution < 1.29 is 0 Å². The Morgan fingerprint density at radius 3 is 2.47 bits per heavy atom. The van der Waals surface area contributed by atoms with Crippen LogP contribution in [0.4, 0.5) is 0 Å². The monoisotopic (exact) mass is 213 g/mol. The van der Waals surface area contributed by atoms with Gasteiger partial charge in [0.2, 0.25) is 0 Å². The first-order chi connectivity index (χ1) is 7.03. The number of hydrogen-bond acceptors (Lipinski definition) is 3. The first-order valence-corrected chi connectivity index (χ1v) is 6.15. The highest BCUT2D eigenvalue weighted by molar-refractivity contribution is 4.79. The third kappa shape index (κ3) is 4.96. The van der Waals surface area contributed by atoms with Crippen LogP contribution in [0.15, 0.2) is 0 Å². The van der Waals surface area contributed by atoms with Crippen molar-refractivity contribution >= 4 is 0 Å². The number of nitrogens with two attached hydrogens (primary N) is 1. The van der Waals surface area contributed by atoms with Gasteiger partial charge in [0, 0.05) is 12.6 Å². The fourth-order valence-electron chi connectivity index (χ4n) is 2.11. The second-order valence-electron chi connectivity index (χ2n) is 5.66. The molecule has 0 amide bonds. The molecule has 0 saturated carbocycles. The molecule has 0 aromatic heterocycles. The van der Waals surface area contributed by atoms with Crippen molar-refractivity contribution in [1.29, 1.82) is 0 Å². The van der Waals surface area contributed by atoms with Gasteiger partial charge in [-0.15, -0.1) is 0 Å². The molecule has 15 heavy (non-hydrogen) atoms. The highest BCUT2D eigenvalue weighted by atomic mass is 15.1. The smallest absolute Gasteiger partial charge is 0.00916 e. The van der Waals surface area contributed by atoms with E-state index in [0.717, 1.165) is 25.6 Å². The maximum absolute atomic E-state index is 5.61. The molecule has 1 rings (SSSR count). The number of rotatable bonds is 5. The van der Waals surface area contributed by atoms with Gasteiger partial charge < -0.3 is 16.0 Å². The van der Waals surface area contributed by atoms with Crippen LogP contribution in [0, 0.1) is 5.41 Å². The summed E-state index contributed by atoms with van der Waals surface area (Å²) < 4.78 is 0. The summed E-state index contributed by atoms with van der Waals surface area (Å²) in [5.74, 6) is 0. The Morgan fingerprint density at radius 1 is 1.33 bits per heavy atom. The van der Waals surface area contributed by atoms with Crippen LogP contribution in [0.1, 0.15) is 33.1 Å². The largest absolute Gasteiger partial charge is 0.330 e. The van der Waals surface area contributed by atoms with Gasteiger partial charge in [-0.05, 0) is 51.4 Å². The van der Waals surface area contributed by atoms with Gasteiger partial charge in [0.15, 0.2) is 0 Å². The Bertz CT molecular complexity index is 172. The topological polar surface area (TPSA) is 41.3 Å². The minimum absolute atomic E-state index is 0.345. The molecule has 3 nitrogen and oxygen atoms in total. The van der Waals surface area contributed by atoms with Gasteiger partial charge in [0.25, 0.3) is 0 Å². The van der Waals surface area contributed by atoms with Gasteiger partial charge in [-0.2, -0.15) is 0 Å². The van der Waals surface area contributed by atoms with Crippen LogP contribution < -0.4 is 11.1 Å². The van der Waals surface area contributed by atoms with E-state index in [9.17, 15) is 0 Å². The van der Waals surface area contributed by atoms with Gasteiger partial charge in [0.1, 0.15) is 0 Å². The van der Waals surface area contributed by atoms with Gasteiger partial charge in [-0.3, -0.25) is 0 Å². The van der Waals surface area contributed by atoms with E-state index >= 15 is 0 Å². The molecule has 0 radical (unpaired) electrons. The van der Waals surface area contributed by atoms with E-state index in [0.29, 0.717) is 5.41 Å². The minimum Gasteiger partial charge on any atom is -0.330 e. The van der Waals surface area contributed by atoms with Crippen LogP contribution in [-0.2, 0) is 0 Å². The van der Waals surface area contributed by atoms with E-state index in [1.807, 2.05) is 0 Å². The van der Waals surface area contributed by atoms with Crippen LogP contribution in [0.2, 0.25) is 0 Å². The van der Waals surface area contributed by atoms with Gasteiger partial charge in [-0.25, -0.2) is 0 Å². The summed E-state index contributed by atoms with van der Waals surface area (Å²) in [6.45, 7) is 8.94. The van der Waals surface area contributed by atoms with Crippen LogP contribution in [0.3, 0.4) is 0 Å². The van der Waals surface area contributed by atoms with Crippen molar-refractivity contribution in [2.75, 3.05) is 33.2 Å². The second kappa shape index (κ2) is 5.83. The van der Waals surface area contributed by atoms with Crippen LogP contribution in [-0.4, -0.2) is 44.2 Å². The molecule has 0 spiro atoms. The summed E-state index contributed by atoms with van der Waals surface area (Å²) in [5, 5.41) is 3.68. The second-order valence-corrected chi connectivity index (χ2v) is 5.66. The Hall–Kier alpha value is -0.120. The van der Waals surface area contributed by atoms with E-state index in [-0.39, 0.29) is 0 Å². The van der Waals surface area contributed by atoms with Crippen LogP contribution in [0.5, 0.6) is 0 Å². The quantitative estimate of drug-likeness (QED) is 0.717. The SMILES string of the molecule is CN1CCC(NCC(C)(C)CCN)CC1. The average Bonchev–Trinajstić information content (AvgIpc) is 2.17. The zero-order valence-corrected chi connectivity index (χ0v) is 10.6. The number of piperidine rings is 1. The molecular formula is C12H27N3. The summed E-state index contributed by atoms with van der Waals surface area (Å²) in [7, 11) is 2.20. The maximum Gasteiger partial charge on any atom is 0.00916 e. The van der Waals surface area contributed by atoms with E-state index in [1.54, 1.807) is 0 Å². The Kier molecular flexibility index (Phi) is 5.03. The molecule has 90 valence electrons. The third-order valence-electron chi connectivity index (χ3n) is 3.41. The highest BCUT2D eigenvalue weighted by Crippen LogP contribution is 2.19. The molecule has 3 N–H and O–H groups in total. The van der Waals surface area contributed by atoms with E-state index in [4.69, 9.17) is 5.73 Å². The molecule has 1 fully saturated rings. The molecular weight excluding hydrogens is 186 g/mol. The molecule has 1 aliphatic heterocycles. The summed E-state index contributed by atoms with van der Waals surface area (Å²) in [6, 6.07) is 0.721. The fraction of sp³-hybridized carbons (Fsp3) is 1.00. The fourth-order valence-corrected chi connectivity index (χ4v) is 2.11. The zero-order chi connectivity index (χ0) is 11.3. The Labute approximate surface area is 94.4 Å². The number of likely N-dealkylation sites (tertiary alicyclic amines) is 1. The highest BCUT2D eigenvalue weighted by Gasteiger charge is 2.21. The molecule has 0 atom stereocenters. The first-order valence-electron chi connectivity index (χ1n) is 6.15. The van der Waals surface area contributed by atoms with Crippen molar-refractivity contribution in [3.05, 3.63) is 0 Å². The molecule has 1 aliphatic rings. The third-order valence-corrected chi connectivity index (χ3v) is 3.41. The molecule has 1 saturated heterocycles. The van der Waals surface area contributed by atoms with Crippen molar-refractivity contribution in [2.24, 2.45) is 11.1 Å². The lowest BCUT2D eigenvalue weighted by Gasteiger charge is -2.33. The minimum atomic E-state index is 0.345. The number of hydrogen-bond donors (Lipinski definition) is 2. The zero-order valence-electron chi connectivity index (χ0n) is 10.6. The Balaban J connectivity index is 2.19. The average molecular weight is 213 g/mol. The molecule has 0 unspecified atom stereocenters. The predicted octanol–water partition coefficient (Wildman–Crippen LogP) is 1.05. The van der Waals surface area contributed by atoms with E-state index in [2.05, 4.69) is 31.1 Å². The molecule has 0 aliphatic carbocycles. The van der Waals surface area contributed by atoms with E-state index in [1.165, 1.54) is 25.9 Å². The summed E-state index contributed by atoms with van der Waals surface area (Å²) in [5.41, 5.74) is 5.95. The van der Waals surface area contributed by atoms with Crippen LogP contribution in [0.25, 0.3) is 0 Å². The standard InChI is InChI=1S/C12H27N3/c1-12(2,6-7-13)10-14-11-4-8-15(3)9-5-11/h11,14H,4-10,13H2,1-3H3. The summed E-state index contributed by atoms with van der Waals surface area (Å²) in [6.07, 6.45) is 3.68. The van der Waals surface area contributed by atoms with E-state index < -0.39 is 0 Å². The van der Waals surface area contributed by atoms with Crippen molar-refractivity contribution in [2.45, 2.75) is 39.2 Å².